The van der Waals surface area contributed by atoms with Gasteiger partial charge in [0.25, 0.3) is 0 Å². The van der Waals surface area contributed by atoms with E-state index in [4.69, 9.17) is 9.47 Å². The largest absolute Gasteiger partial charge is 0.479 e. The van der Waals surface area contributed by atoms with Crippen LogP contribution in [0.25, 0.3) is 11.1 Å². The number of carbonyl (C=O) groups is 3. The molecular formula is C27H30N2O6. The van der Waals surface area contributed by atoms with Gasteiger partial charge in [-0.25, -0.2) is 9.59 Å². The van der Waals surface area contributed by atoms with Gasteiger partial charge in [-0.15, -0.1) is 0 Å². The van der Waals surface area contributed by atoms with Crippen LogP contribution in [0.1, 0.15) is 36.8 Å². The predicted molar refractivity (Wildman–Crippen MR) is 130 cm³/mol. The number of aliphatic carboxylic acids is 1. The smallest absolute Gasteiger partial charge is 0.407 e. The van der Waals surface area contributed by atoms with Crippen molar-refractivity contribution in [3.63, 3.8) is 0 Å². The van der Waals surface area contributed by atoms with Gasteiger partial charge in [-0.3, -0.25) is 4.79 Å². The van der Waals surface area contributed by atoms with E-state index in [1.165, 1.54) is 14.0 Å². The summed E-state index contributed by atoms with van der Waals surface area (Å²) in [6, 6.07) is 15.8. The van der Waals surface area contributed by atoms with E-state index >= 15 is 0 Å². The van der Waals surface area contributed by atoms with Crippen molar-refractivity contribution in [3.8, 4) is 11.1 Å². The first-order chi connectivity index (χ1) is 16.8. The molecule has 0 saturated carbocycles. The van der Waals surface area contributed by atoms with Crippen molar-refractivity contribution in [1.29, 1.82) is 0 Å². The summed E-state index contributed by atoms with van der Waals surface area (Å²) in [6.45, 7) is 1.45. The Labute approximate surface area is 204 Å². The fourth-order valence-corrected chi connectivity index (χ4v) is 4.81. The molecule has 4 rings (SSSR count). The number of benzene rings is 2. The zero-order valence-electron chi connectivity index (χ0n) is 19.8. The van der Waals surface area contributed by atoms with Gasteiger partial charge in [-0.1, -0.05) is 60.7 Å². The summed E-state index contributed by atoms with van der Waals surface area (Å²) < 4.78 is 10.6. The third-order valence-electron chi connectivity index (χ3n) is 6.65. The lowest BCUT2D eigenvalue weighted by Gasteiger charge is -2.30. The maximum Gasteiger partial charge on any atom is 0.407 e. The standard InChI is InChI=1S/C27H30N2O6/c1-27(16-34-2,25(31)32)29-24(30)17-8-7-9-18(14-17)28-26(33)35-15-23-21-12-5-3-10-19(21)20-11-4-6-13-22(20)23/h3-7,9-13,17-18,23H,8,14-16H2,1-2H3,(H,28,33)(H,29,30)(H,31,32)/t17-,18-,27?/m1/s1. The van der Waals surface area contributed by atoms with Crippen LogP contribution in [0.2, 0.25) is 0 Å². The van der Waals surface area contributed by atoms with Crippen molar-refractivity contribution in [2.45, 2.75) is 37.3 Å². The van der Waals surface area contributed by atoms with Crippen LogP contribution in [0.4, 0.5) is 4.79 Å². The van der Waals surface area contributed by atoms with E-state index in [9.17, 15) is 19.5 Å². The highest BCUT2D eigenvalue weighted by Gasteiger charge is 2.37. The number of carboxylic acid groups (broad SMARTS) is 1. The van der Waals surface area contributed by atoms with Gasteiger partial charge in [0.05, 0.1) is 12.6 Å². The second kappa shape index (κ2) is 10.3. The van der Waals surface area contributed by atoms with Crippen LogP contribution in [0.5, 0.6) is 0 Å². The number of allylic oxidation sites excluding steroid dienone is 1. The van der Waals surface area contributed by atoms with Crippen LogP contribution < -0.4 is 10.6 Å². The fourth-order valence-electron chi connectivity index (χ4n) is 4.81. The van der Waals surface area contributed by atoms with Crippen LogP contribution in [0, 0.1) is 5.92 Å². The lowest BCUT2D eigenvalue weighted by molar-refractivity contribution is -0.150. The van der Waals surface area contributed by atoms with E-state index in [1.54, 1.807) is 0 Å². The SMILES string of the molecule is COCC(C)(NC(=O)[C@@H]1CC=C[C@@H](NC(=O)OCC2c3ccccc3-c3ccccc32)C1)C(=O)O. The summed E-state index contributed by atoms with van der Waals surface area (Å²) in [5.74, 6) is -2.08. The van der Waals surface area contributed by atoms with Gasteiger partial charge in [0.15, 0.2) is 5.54 Å². The van der Waals surface area contributed by atoms with Crippen molar-refractivity contribution in [2.75, 3.05) is 20.3 Å². The third-order valence-corrected chi connectivity index (χ3v) is 6.65. The molecule has 0 saturated heterocycles. The summed E-state index contributed by atoms with van der Waals surface area (Å²) in [5.41, 5.74) is 3.05. The van der Waals surface area contributed by atoms with E-state index in [-0.39, 0.29) is 19.1 Å². The number of alkyl carbamates (subject to hydrolysis) is 1. The normalized spacial score (nSPS) is 20.3. The molecule has 2 aromatic carbocycles. The Bertz CT molecular complexity index is 1100. The molecule has 0 spiro atoms. The second-order valence-electron chi connectivity index (χ2n) is 9.23. The van der Waals surface area contributed by atoms with Crippen molar-refractivity contribution in [1.82, 2.24) is 10.6 Å². The molecule has 2 amide bonds. The number of hydrogen-bond acceptors (Lipinski definition) is 5. The quantitative estimate of drug-likeness (QED) is 0.501. The number of nitrogens with one attached hydrogen (secondary N) is 2. The molecule has 2 aliphatic carbocycles. The first-order valence-electron chi connectivity index (χ1n) is 11.6. The zero-order chi connectivity index (χ0) is 25.0. The molecule has 0 heterocycles. The second-order valence-corrected chi connectivity index (χ2v) is 9.23. The number of amides is 2. The van der Waals surface area contributed by atoms with Gasteiger partial charge in [0.2, 0.25) is 5.91 Å². The van der Waals surface area contributed by atoms with Gasteiger partial charge in [0, 0.05) is 18.9 Å². The fraction of sp³-hybridized carbons (Fsp3) is 0.370. The van der Waals surface area contributed by atoms with Crippen molar-refractivity contribution in [2.24, 2.45) is 5.92 Å². The Balaban J connectivity index is 1.34. The van der Waals surface area contributed by atoms with Gasteiger partial charge in [-0.2, -0.15) is 0 Å². The van der Waals surface area contributed by atoms with Crippen LogP contribution >= 0.6 is 0 Å². The zero-order valence-corrected chi connectivity index (χ0v) is 19.8. The van der Waals surface area contributed by atoms with Crippen LogP contribution in [-0.2, 0) is 19.1 Å². The Morgan fingerprint density at radius 1 is 1.06 bits per heavy atom. The first kappa shape index (κ1) is 24.5. The van der Waals surface area contributed by atoms with E-state index in [2.05, 4.69) is 34.9 Å². The van der Waals surface area contributed by atoms with E-state index in [1.807, 2.05) is 36.4 Å². The summed E-state index contributed by atoms with van der Waals surface area (Å²) in [7, 11) is 1.38. The molecule has 3 atom stereocenters. The van der Waals surface area contributed by atoms with E-state index < -0.39 is 35.5 Å². The number of rotatable bonds is 8. The number of hydrogen-bond donors (Lipinski definition) is 3. The van der Waals surface area contributed by atoms with Crippen LogP contribution in [-0.4, -0.2) is 55.0 Å². The number of carboxylic acids is 1. The van der Waals surface area contributed by atoms with Gasteiger partial charge < -0.3 is 25.2 Å². The molecule has 2 aromatic rings. The molecule has 2 aliphatic rings. The number of methoxy groups -OCH3 is 1. The molecular weight excluding hydrogens is 448 g/mol. The molecule has 0 aliphatic heterocycles. The monoisotopic (exact) mass is 478 g/mol. The third kappa shape index (κ3) is 5.22. The van der Waals surface area contributed by atoms with E-state index in [0.717, 1.165) is 22.3 Å². The highest BCUT2D eigenvalue weighted by molar-refractivity contribution is 5.88. The lowest BCUT2D eigenvalue weighted by atomic mass is 9.89. The highest BCUT2D eigenvalue weighted by atomic mass is 16.5. The van der Waals surface area contributed by atoms with Crippen molar-refractivity contribution in [3.05, 3.63) is 71.8 Å². The number of carbonyl (C=O) groups excluding carboxylic acids is 2. The van der Waals surface area contributed by atoms with Gasteiger partial charge in [-0.05, 0) is 42.0 Å². The molecule has 8 nitrogen and oxygen atoms in total. The number of ether oxygens (including phenoxy) is 2. The van der Waals surface area contributed by atoms with Crippen molar-refractivity contribution >= 4 is 18.0 Å². The summed E-state index contributed by atoms with van der Waals surface area (Å²) in [5, 5.41) is 14.9. The average molecular weight is 479 g/mol. The molecule has 3 N–H and O–H groups in total. The van der Waals surface area contributed by atoms with Crippen molar-refractivity contribution < 1.29 is 29.0 Å². The summed E-state index contributed by atoms with van der Waals surface area (Å²) >= 11 is 0. The average Bonchev–Trinajstić information content (AvgIpc) is 3.16. The Morgan fingerprint density at radius 2 is 1.69 bits per heavy atom. The predicted octanol–water partition coefficient (Wildman–Crippen LogP) is 3.47. The maximum atomic E-state index is 12.7. The minimum Gasteiger partial charge on any atom is -0.479 e. The molecule has 0 fully saturated rings. The summed E-state index contributed by atoms with van der Waals surface area (Å²) in [4.78, 5) is 37.0. The minimum absolute atomic E-state index is 0.0388. The van der Waals surface area contributed by atoms with Gasteiger partial charge >= 0.3 is 12.1 Å². The summed E-state index contributed by atoms with van der Waals surface area (Å²) in [6.07, 6.45) is 3.89. The molecule has 35 heavy (non-hydrogen) atoms. The van der Waals surface area contributed by atoms with E-state index in [0.29, 0.717) is 12.8 Å². The molecule has 0 radical (unpaired) electrons. The topological polar surface area (TPSA) is 114 Å². The maximum absolute atomic E-state index is 12.7. The van der Waals surface area contributed by atoms with Crippen LogP contribution in [0.15, 0.2) is 60.7 Å². The molecule has 8 heteroatoms. The Morgan fingerprint density at radius 3 is 2.29 bits per heavy atom. The first-order valence-corrected chi connectivity index (χ1v) is 11.6. The molecule has 0 aromatic heterocycles. The minimum atomic E-state index is -1.53. The van der Waals surface area contributed by atoms with Crippen LogP contribution in [0.3, 0.4) is 0 Å². The highest BCUT2D eigenvalue weighted by Crippen LogP contribution is 2.44. The van der Waals surface area contributed by atoms with Gasteiger partial charge in [0.1, 0.15) is 6.61 Å². The molecule has 0 bridgehead atoms. The molecule has 184 valence electrons. The molecule has 1 unspecified atom stereocenters. The number of fused-ring (bicyclic) bond motifs is 3. The Kier molecular flexibility index (Phi) is 7.21. The Hall–Kier alpha value is -3.65. The lowest BCUT2D eigenvalue weighted by Crippen LogP contribution is -2.57.